The summed E-state index contributed by atoms with van der Waals surface area (Å²) in [6.07, 6.45) is -3.48. The Labute approximate surface area is 149 Å². The predicted octanol–water partition coefficient (Wildman–Crippen LogP) is 3.76. The van der Waals surface area contributed by atoms with Crippen LogP contribution in [0.2, 0.25) is 0 Å². The summed E-state index contributed by atoms with van der Waals surface area (Å²) in [5, 5.41) is 10.4. The monoisotopic (exact) mass is 368 g/mol. The maximum atomic E-state index is 12.1. The Morgan fingerprint density at radius 2 is 1.77 bits per heavy atom. The topological polar surface area (TPSA) is 63.6 Å². The molecule has 2 aromatic carbocycles. The number of benzene rings is 2. The fourth-order valence-corrected chi connectivity index (χ4v) is 2.18. The van der Waals surface area contributed by atoms with Crippen LogP contribution in [-0.4, -0.2) is 32.8 Å². The minimum absolute atomic E-state index is 0.244. The van der Waals surface area contributed by atoms with E-state index in [2.05, 4.69) is 10.1 Å². The molecule has 26 heavy (non-hydrogen) atoms. The van der Waals surface area contributed by atoms with E-state index in [1.165, 1.54) is 25.5 Å². The van der Waals surface area contributed by atoms with Crippen LogP contribution in [-0.2, 0) is 6.54 Å². The van der Waals surface area contributed by atoms with Crippen LogP contribution < -0.4 is 19.5 Å². The second-order valence-corrected chi connectivity index (χ2v) is 5.27. The first-order valence-corrected chi connectivity index (χ1v) is 7.78. The van der Waals surface area contributed by atoms with Crippen LogP contribution >= 0.6 is 0 Å². The molecule has 0 atom stereocenters. The maximum absolute atomic E-state index is 12.1. The molecule has 0 aliphatic carbocycles. The smallest absolute Gasteiger partial charge is 0.496 e. The van der Waals surface area contributed by atoms with E-state index in [0.29, 0.717) is 36.8 Å². The van der Waals surface area contributed by atoms with E-state index in [1.807, 2.05) is 0 Å². The summed E-state index contributed by atoms with van der Waals surface area (Å²) in [5.41, 5.74) is 1.49. The Morgan fingerprint density at radius 1 is 1.08 bits per heavy atom. The zero-order chi connectivity index (χ0) is 19.0. The van der Waals surface area contributed by atoms with Crippen molar-refractivity contribution in [3.63, 3.8) is 0 Å². The quantitative estimate of drug-likeness (QED) is 0.523. The molecule has 0 spiro atoms. The number of halogens is 3. The van der Waals surface area contributed by atoms with E-state index >= 15 is 0 Å². The first-order valence-electron chi connectivity index (χ1n) is 7.78. The lowest BCUT2D eigenvalue weighted by atomic mass is 10.2. The molecule has 0 aliphatic heterocycles. The Kier molecular flexibility index (Phi) is 6.85. The molecule has 0 radical (unpaired) electrons. The lowest BCUT2D eigenvalue weighted by Gasteiger charge is -2.11. The van der Waals surface area contributed by atoms with Gasteiger partial charge in [0, 0.05) is 30.9 Å². The van der Waals surface area contributed by atoms with Gasteiger partial charge < -0.3 is 24.9 Å². The molecule has 0 heterocycles. The molecule has 2 N–H and O–H groups in total. The largest absolute Gasteiger partial charge is 0.573 e. The van der Waals surface area contributed by atoms with Gasteiger partial charge in [-0.3, -0.25) is 0 Å². The summed E-state index contributed by atoms with van der Waals surface area (Å²) in [6, 6.07) is 10.9. The summed E-state index contributed by atoms with van der Waals surface area (Å²) in [6.45, 7) is 1.45. The summed E-state index contributed by atoms with van der Waals surface area (Å²) in [5.74, 6) is 0.946. The van der Waals surface area contributed by atoms with Gasteiger partial charge in [0.2, 0.25) is 0 Å². The Bertz CT molecular complexity index is 719. The number of alkyl halides is 3. The van der Waals surface area contributed by atoms with E-state index in [1.54, 1.807) is 30.3 Å². The summed E-state index contributed by atoms with van der Waals surface area (Å²) >= 11 is 0. The van der Waals surface area contributed by atoms with E-state index in [0.717, 1.165) is 5.56 Å². The zero-order valence-corrected chi connectivity index (χ0v) is 14.1. The third-order valence-electron chi connectivity index (χ3n) is 3.39. The van der Waals surface area contributed by atoms with Crippen LogP contribution in [0.4, 0.5) is 13.2 Å². The lowest BCUT2D eigenvalue weighted by molar-refractivity contribution is -0.274. The molecule has 8 heteroatoms. The van der Waals surface area contributed by atoms with Gasteiger partial charge in [0.1, 0.15) is 23.9 Å². The first-order chi connectivity index (χ1) is 12.4. The Hall–Kier alpha value is -2.74. The van der Waals surface area contributed by atoms with E-state index in [-0.39, 0.29) is 5.75 Å². The fraction of sp³-hybridized carbons (Fsp3) is 0.278. The third-order valence-corrected chi connectivity index (χ3v) is 3.39. The molecule has 0 fully saturated rings. The van der Waals surface area contributed by atoms with E-state index in [4.69, 9.17) is 14.9 Å². The molecule has 0 amide bonds. The van der Waals surface area contributed by atoms with Crippen LogP contribution in [0.3, 0.4) is 0 Å². The Morgan fingerprint density at radius 3 is 2.38 bits per heavy atom. The molecule has 0 unspecified atom stereocenters. The third kappa shape index (κ3) is 6.29. The van der Waals surface area contributed by atoms with Crippen LogP contribution in [0.5, 0.6) is 17.2 Å². The molecule has 0 bridgehead atoms. The minimum atomic E-state index is -4.68. The van der Waals surface area contributed by atoms with E-state index < -0.39 is 6.36 Å². The van der Waals surface area contributed by atoms with E-state index in [9.17, 15) is 13.2 Å². The standard InChI is InChI=1S/C18H19F3N2O3/c1-24-17-10-16(7-4-14(17)11-22)25-9-8-23-12-13-2-5-15(6-3-13)26-18(19,20)21/h2-7,10-11,22-23H,8-9,12H2,1H3. The van der Waals surface area contributed by atoms with Gasteiger partial charge in [0.15, 0.2) is 0 Å². The molecular weight excluding hydrogens is 349 g/mol. The molecule has 0 saturated carbocycles. The van der Waals surface area contributed by atoms with Crippen molar-refractivity contribution in [1.82, 2.24) is 5.32 Å². The van der Waals surface area contributed by atoms with Gasteiger partial charge in [-0.05, 0) is 29.8 Å². The molecule has 2 aromatic rings. The minimum Gasteiger partial charge on any atom is -0.496 e. The summed E-state index contributed by atoms with van der Waals surface area (Å²) in [4.78, 5) is 0. The maximum Gasteiger partial charge on any atom is 0.573 e. The molecule has 5 nitrogen and oxygen atoms in total. The van der Waals surface area contributed by atoms with Crippen molar-refractivity contribution in [3.05, 3.63) is 53.6 Å². The predicted molar refractivity (Wildman–Crippen MR) is 91.2 cm³/mol. The van der Waals surface area contributed by atoms with Crippen molar-refractivity contribution in [3.8, 4) is 17.2 Å². The second kappa shape index (κ2) is 9.10. The second-order valence-electron chi connectivity index (χ2n) is 5.27. The van der Waals surface area contributed by atoms with Crippen molar-refractivity contribution in [2.24, 2.45) is 0 Å². The molecule has 2 rings (SSSR count). The SMILES string of the molecule is COc1cc(OCCNCc2ccc(OC(F)(F)F)cc2)ccc1C=N. The summed E-state index contributed by atoms with van der Waals surface area (Å²) in [7, 11) is 1.53. The number of hydrogen-bond acceptors (Lipinski definition) is 5. The number of nitrogens with one attached hydrogen (secondary N) is 2. The van der Waals surface area contributed by atoms with Crippen molar-refractivity contribution in [2.75, 3.05) is 20.3 Å². The van der Waals surface area contributed by atoms with Crippen molar-refractivity contribution in [1.29, 1.82) is 5.41 Å². The van der Waals surface area contributed by atoms with Gasteiger partial charge in [0.05, 0.1) is 7.11 Å². The normalized spacial score (nSPS) is 11.1. The van der Waals surface area contributed by atoms with Crippen molar-refractivity contribution < 1.29 is 27.4 Å². The highest BCUT2D eigenvalue weighted by Crippen LogP contribution is 2.24. The van der Waals surface area contributed by atoms with Crippen LogP contribution in [0.15, 0.2) is 42.5 Å². The highest BCUT2D eigenvalue weighted by molar-refractivity contribution is 5.81. The van der Waals surface area contributed by atoms with Crippen LogP contribution in [0, 0.1) is 5.41 Å². The average molecular weight is 368 g/mol. The van der Waals surface area contributed by atoms with Gasteiger partial charge in [-0.1, -0.05) is 12.1 Å². The number of ether oxygens (including phenoxy) is 3. The van der Waals surface area contributed by atoms with Crippen molar-refractivity contribution in [2.45, 2.75) is 12.9 Å². The first kappa shape index (κ1) is 19.6. The summed E-state index contributed by atoms with van der Waals surface area (Å²) < 4.78 is 50.9. The molecule has 140 valence electrons. The Balaban J connectivity index is 1.73. The van der Waals surface area contributed by atoms with Crippen LogP contribution in [0.1, 0.15) is 11.1 Å². The number of rotatable bonds is 9. The molecule has 0 aliphatic rings. The number of hydrogen-bond donors (Lipinski definition) is 2. The molecule has 0 aromatic heterocycles. The lowest BCUT2D eigenvalue weighted by Crippen LogP contribution is -2.20. The van der Waals surface area contributed by atoms with Gasteiger partial charge >= 0.3 is 6.36 Å². The highest BCUT2D eigenvalue weighted by atomic mass is 19.4. The van der Waals surface area contributed by atoms with Crippen LogP contribution in [0.25, 0.3) is 0 Å². The fourth-order valence-electron chi connectivity index (χ4n) is 2.18. The average Bonchev–Trinajstić information content (AvgIpc) is 2.61. The molecular formula is C18H19F3N2O3. The van der Waals surface area contributed by atoms with Crippen molar-refractivity contribution >= 4 is 6.21 Å². The van der Waals surface area contributed by atoms with Gasteiger partial charge in [-0.15, -0.1) is 13.2 Å². The van der Waals surface area contributed by atoms with Gasteiger partial charge in [-0.2, -0.15) is 0 Å². The highest BCUT2D eigenvalue weighted by Gasteiger charge is 2.30. The van der Waals surface area contributed by atoms with Gasteiger partial charge in [0.25, 0.3) is 0 Å². The number of methoxy groups -OCH3 is 1. The zero-order valence-electron chi connectivity index (χ0n) is 14.1. The van der Waals surface area contributed by atoms with Gasteiger partial charge in [-0.25, -0.2) is 0 Å². The molecule has 0 saturated heterocycles.